The van der Waals surface area contributed by atoms with E-state index in [4.69, 9.17) is 4.74 Å². The predicted molar refractivity (Wildman–Crippen MR) is 94.3 cm³/mol. The van der Waals surface area contributed by atoms with E-state index in [0.29, 0.717) is 11.1 Å². The minimum Gasteiger partial charge on any atom is -0.456 e. The van der Waals surface area contributed by atoms with Crippen molar-refractivity contribution >= 4 is 17.2 Å². The van der Waals surface area contributed by atoms with Gasteiger partial charge in [-0.2, -0.15) is 5.26 Å². The fourth-order valence-electron chi connectivity index (χ4n) is 1.90. The zero-order chi connectivity index (χ0) is 19.2. The van der Waals surface area contributed by atoms with E-state index in [0.717, 1.165) is 0 Å². The fraction of sp³-hybridized carbons (Fsp3) is 0.333. The molecule has 0 aliphatic rings. The number of rotatable bonds is 5. The molecule has 0 heterocycles. The number of esters is 1. The molecule has 132 valence electrons. The van der Waals surface area contributed by atoms with Gasteiger partial charge in [0, 0.05) is 32.4 Å². The van der Waals surface area contributed by atoms with Gasteiger partial charge in [0.2, 0.25) is 0 Å². The summed E-state index contributed by atoms with van der Waals surface area (Å²) in [5.41, 5.74) is 0.000414. The molecule has 0 radical (unpaired) electrons. The van der Waals surface area contributed by atoms with Crippen molar-refractivity contribution in [1.29, 1.82) is 5.26 Å². The monoisotopic (exact) mass is 343 g/mol. The second kappa shape index (κ2) is 8.11. The number of hydrogen-bond donors (Lipinski definition) is 0. The molecule has 1 aromatic carbocycles. The first kappa shape index (κ1) is 19.9. The first-order valence-corrected chi connectivity index (χ1v) is 7.51. The number of carbonyl (C=O) groups excluding carboxylic acids is 1. The summed E-state index contributed by atoms with van der Waals surface area (Å²) in [6, 6.07) is 7.80. The predicted octanol–water partition coefficient (Wildman–Crippen LogP) is 3.29. The van der Waals surface area contributed by atoms with E-state index in [-0.39, 0.29) is 11.3 Å². The quantitative estimate of drug-likeness (QED) is 0.203. The minimum atomic E-state index is -0.745. The van der Waals surface area contributed by atoms with Gasteiger partial charge < -0.3 is 9.64 Å². The normalized spacial score (nSPS) is 12.3. The molecule has 0 aliphatic heterocycles. The number of hydrogen-bond acceptors (Lipinski definition) is 6. The summed E-state index contributed by atoms with van der Waals surface area (Å²) in [5.74, 6) is -0.745. The van der Waals surface area contributed by atoms with Gasteiger partial charge in [0.05, 0.1) is 4.92 Å². The Morgan fingerprint density at radius 1 is 1.36 bits per heavy atom. The van der Waals surface area contributed by atoms with Crippen LogP contribution in [0.15, 0.2) is 42.1 Å². The molecule has 0 fully saturated rings. The highest BCUT2D eigenvalue weighted by Gasteiger charge is 2.20. The number of nitro benzene ring substituents is 1. The van der Waals surface area contributed by atoms with Crippen LogP contribution in [0.5, 0.6) is 0 Å². The van der Waals surface area contributed by atoms with Crippen molar-refractivity contribution in [2.45, 2.75) is 26.4 Å². The Kier molecular flexibility index (Phi) is 6.45. The molecule has 0 spiro atoms. The van der Waals surface area contributed by atoms with Crippen LogP contribution in [0.2, 0.25) is 0 Å². The van der Waals surface area contributed by atoms with Gasteiger partial charge in [0.1, 0.15) is 17.2 Å². The molecular formula is C18H21N3O4. The zero-order valence-corrected chi connectivity index (χ0v) is 14.9. The third-order valence-electron chi connectivity index (χ3n) is 2.83. The highest BCUT2D eigenvalue weighted by Crippen LogP contribution is 2.23. The summed E-state index contributed by atoms with van der Waals surface area (Å²) in [7, 11) is 3.54. The fourth-order valence-corrected chi connectivity index (χ4v) is 1.90. The Labute approximate surface area is 147 Å². The van der Waals surface area contributed by atoms with Gasteiger partial charge in [0.15, 0.2) is 0 Å². The van der Waals surface area contributed by atoms with Gasteiger partial charge >= 0.3 is 5.97 Å². The number of benzene rings is 1. The van der Waals surface area contributed by atoms with Crippen LogP contribution >= 0.6 is 0 Å². The van der Waals surface area contributed by atoms with E-state index < -0.39 is 16.5 Å². The Hall–Kier alpha value is -3.14. The largest absolute Gasteiger partial charge is 0.456 e. The average Bonchev–Trinajstić information content (AvgIpc) is 2.49. The number of nitriles is 1. The van der Waals surface area contributed by atoms with E-state index in [1.807, 2.05) is 6.07 Å². The van der Waals surface area contributed by atoms with Gasteiger partial charge in [-0.25, -0.2) is 4.79 Å². The lowest BCUT2D eigenvalue weighted by Gasteiger charge is -2.19. The Morgan fingerprint density at radius 3 is 2.48 bits per heavy atom. The number of carbonyl (C=O) groups is 1. The van der Waals surface area contributed by atoms with Crippen molar-refractivity contribution < 1.29 is 14.5 Å². The molecule has 0 amide bonds. The first-order chi connectivity index (χ1) is 11.5. The maximum absolute atomic E-state index is 12.2. The molecule has 0 aromatic heterocycles. The first-order valence-electron chi connectivity index (χ1n) is 7.51. The summed E-state index contributed by atoms with van der Waals surface area (Å²) < 4.78 is 5.22. The smallest absolute Gasteiger partial charge is 0.349 e. The second-order valence-corrected chi connectivity index (χ2v) is 6.53. The molecule has 1 aromatic rings. The standard InChI is InChI=1S/C18H21N3O4/c1-18(2,3)25-17(22)14(11-19)9-15(12-20(4)5)13-7-6-8-16(10-13)21(23)24/h6-10,12H,1-5H3. The molecule has 7 nitrogen and oxygen atoms in total. The van der Waals surface area contributed by atoms with Crippen LogP contribution in [0, 0.1) is 21.4 Å². The number of nitro groups is 1. The number of ether oxygens (including phenoxy) is 1. The zero-order valence-electron chi connectivity index (χ0n) is 14.9. The van der Waals surface area contributed by atoms with Gasteiger partial charge in [-0.3, -0.25) is 10.1 Å². The van der Waals surface area contributed by atoms with Gasteiger partial charge in [-0.15, -0.1) is 0 Å². The third kappa shape index (κ3) is 6.47. The average molecular weight is 343 g/mol. The van der Waals surface area contributed by atoms with E-state index in [2.05, 4.69) is 0 Å². The molecule has 1 rings (SSSR count). The van der Waals surface area contributed by atoms with Crippen LogP contribution in [0.3, 0.4) is 0 Å². The van der Waals surface area contributed by atoms with Crippen molar-refractivity contribution in [2.24, 2.45) is 0 Å². The van der Waals surface area contributed by atoms with Gasteiger partial charge in [-0.1, -0.05) is 12.1 Å². The topological polar surface area (TPSA) is 96.5 Å². The van der Waals surface area contributed by atoms with Crippen LogP contribution < -0.4 is 0 Å². The van der Waals surface area contributed by atoms with E-state index in [1.165, 1.54) is 18.2 Å². The highest BCUT2D eigenvalue weighted by atomic mass is 16.6. The van der Waals surface area contributed by atoms with Crippen LogP contribution in [-0.2, 0) is 9.53 Å². The molecule has 0 atom stereocenters. The number of non-ortho nitro benzene ring substituents is 1. The van der Waals surface area contributed by atoms with E-state index in [1.54, 1.807) is 58.1 Å². The van der Waals surface area contributed by atoms with Crippen LogP contribution in [-0.4, -0.2) is 35.5 Å². The van der Waals surface area contributed by atoms with Crippen molar-refractivity contribution in [3.63, 3.8) is 0 Å². The molecule has 0 unspecified atom stereocenters. The van der Waals surface area contributed by atoms with Crippen LogP contribution in [0.25, 0.3) is 5.57 Å². The van der Waals surface area contributed by atoms with E-state index >= 15 is 0 Å². The minimum absolute atomic E-state index is 0.0775. The molecule has 0 saturated heterocycles. The lowest BCUT2D eigenvalue weighted by atomic mass is 10.0. The summed E-state index contributed by atoms with van der Waals surface area (Å²) >= 11 is 0. The summed E-state index contributed by atoms with van der Waals surface area (Å²) in [4.78, 5) is 24.3. The molecular weight excluding hydrogens is 322 g/mol. The number of nitrogens with zero attached hydrogens (tertiary/aromatic N) is 3. The Morgan fingerprint density at radius 2 is 2.00 bits per heavy atom. The molecule has 7 heteroatoms. The Bertz CT molecular complexity index is 765. The molecule has 0 bridgehead atoms. The Balaban J connectivity index is 3.36. The van der Waals surface area contributed by atoms with Gasteiger partial charge in [-0.05, 0) is 38.0 Å². The van der Waals surface area contributed by atoms with Crippen molar-refractivity contribution in [1.82, 2.24) is 4.90 Å². The molecule has 0 N–H and O–H groups in total. The molecule has 25 heavy (non-hydrogen) atoms. The van der Waals surface area contributed by atoms with Crippen molar-refractivity contribution in [3.8, 4) is 6.07 Å². The lowest BCUT2D eigenvalue weighted by molar-refractivity contribution is -0.384. The summed E-state index contributed by atoms with van der Waals surface area (Å²) in [6.45, 7) is 5.12. The molecule has 0 aliphatic carbocycles. The number of allylic oxidation sites excluding steroid dienone is 2. The van der Waals surface area contributed by atoms with Crippen LogP contribution in [0.1, 0.15) is 26.3 Å². The summed E-state index contributed by atoms with van der Waals surface area (Å²) in [6.07, 6.45) is 3.04. The third-order valence-corrected chi connectivity index (χ3v) is 2.83. The van der Waals surface area contributed by atoms with Gasteiger partial charge in [0.25, 0.3) is 5.69 Å². The van der Waals surface area contributed by atoms with E-state index in [9.17, 15) is 20.2 Å². The highest BCUT2D eigenvalue weighted by molar-refractivity contribution is 5.96. The second-order valence-electron chi connectivity index (χ2n) is 6.53. The SMILES string of the molecule is CN(C)C=C(C=C(C#N)C(=O)OC(C)(C)C)c1cccc([N+](=O)[O-])c1. The summed E-state index contributed by atoms with van der Waals surface area (Å²) in [5, 5.41) is 20.3. The van der Waals surface area contributed by atoms with Crippen molar-refractivity contribution in [3.05, 3.63) is 57.8 Å². The maximum Gasteiger partial charge on any atom is 0.349 e. The van der Waals surface area contributed by atoms with Crippen LogP contribution in [0.4, 0.5) is 5.69 Å². The maximum atomic E-state index is 12.2. The van der Waals surface area contributed by atoms with Crippen molar-refractivity contribution in [2.75, 3.05) is 14.1 Å². The lowest BCUT2D eigenvalue weighted by Crippen LogP contribution is -2.24. The molecule has 0 saturated carbocycles.